The highest BCUT2D eigenvalue weighted by Gasteiger charge is 2.30. The van der Waals surface area contributed by atoms with E-state index in [4.69, 9.17) is 0 Å². The summed E-state index contributed by atoms with van der Waals surface area (Å²) in [5, 5.41) is 3.28. The van der Waals surface area contributed by atoms with Crippen molar-refractivity contribution in [3.05, 3.63) is 34.2 Å². The molecule has 0 unspecified atom stereocenters. The van der Waals surface area contributed by atoms with Crippen LogP contribution in [0.1, 0.15) is 24.8 Å². The molecule has 0 bridgehead atoms. The summed E-state index contributed by atoms with van der Waals surface area (Å²) < 4.78 is 35.4. The van der Waals surface area contributed by atoms with Gasteiger partial charge in [-0.1, -0.05) is 6.42 Å². The van der Waals surface area contributed by atoms with Gasteiger partial charge >= 0.3 is 6.18 Å². The Bertz CT molecular complexity index is 351. The zero-order valence-corrected chi connectivity index (χ0v) is 9.31. The Labute approximate surface area is 97.0 Å². The van der Waals surface area contributed by atoms with Crippen LogP contribution >= 0.6 is 0 Å². The minimum absolute atomic E-state index is 0.544. The zero-order valence-electron chi connectivity index (χ0n) is 9.31. The normalized spacial score (nSPS) is 15.9. The molecule has 3 nitrogen and oxygen atoms in total. The molecular formula is C11H15F3N2O. The first kappa shape index (κ1) is 13.8. The Morgan fingerprint density at radius 2 is 1.71 bits per heavy atom. The molecule has 1 fully saturated rings. The van der Waals surface area contributed by atoms with Crippen molar-refractivity contribution in [2.24, 2.45) is 0 Å². The van der Waals surface area contributed by atoms with Crippen molar-refractivity contribution in [3.63, 3.8) is 0 Å². The Kier molecular flexibility index (Phi) is 5.21. The van der Waals surface area contributed by atoms with Crippen LogP contribution in [0, 0.1) is 0 Å². The number of pyridine rings is 1. The van der Waals surface area contributed by atoms with Crippen LogP contribution in [0.2, 0.25) is 0 Å². The number of alkyl halides is 3. The van der Waals surface area contributed by atoms with E-state index in [9.17, 15) is 18.0 Å². The number of hydrogen-bond acceptors (Lipinski definition) is 2. The number of piperidine rings is 1. The first-order chi connectivity index (χ1) is 8.00. The van der Waals surface area contributed by atoms with Gasteiger partial charge in [0.25, 0.3) is 0 Å². The van der Waals surface area contributed by atoms with Crippen molar-refractivity contribution in [1.29, 1.82) is 0 Å². The third-order valence-corrected chi connectivity index (χ3v) is 2.32. The van der Waals surface area contributed by atoms with Gasteiger partial charge < -0.3 is 10.3 Å². The summed E-state index contributed by atoms with van der Waals surface area (Å²) in [5.41, 5.74) is -1.39. The van der Waals surface area contributed by atoms with Crippen molar-refractivity contribution in [1.82, 2.24) is 10.3 Å². The van der Waals surface area contributed by atoms with Crippen molar-refractivity contribution in [3.8, 4) is 0 Å². The van der Waals surface area contributed by atoms with E-state index >= 15 is 0 Å². The predicted molar refractivity (Wildman–Crippen MR) is 58.8 cm³/mol. The van der Waals surface area contributed by atoms with Crippen molar-refractivity contribution >= 4 is 0 Å². The Hall–Kier alpha value is -1.30. The molecule has 6 heteroatoms. The van der Waals surface area contributed by atoms with Crippen molar-refractivity contribution in [2.45, 2.75) is 25.4 Å². The first-order valence-electron chi connectivity index (χ1n) is 5.47. The number of halogens is 3. The lowest BCUT2D eigenvalue weighted by Gasteiger charge is -2.08. The minimum Gasteiger partial charge on any atom is -0.329 e. The lowest BCUT2D eigenvalue weighted by molar-refractivity contribution is -0.137. The highest BCUT2D eigenvalue weighted by atomic mass is 19.4. The molecule has 0 aliphatic carbocycles. The van der Waals surface area contributed by atoms with Crippen LogP contribution in [0.3, 0.4) is 0 Å². The lowest BCUT2D eigenvalue weighted by Crippen LogP contribution is -2.21. The van der Waals surface area contributed by atoms with Gasteiger partial charge in [-0.3, -0.25) is 4.79 Å². The standard InChI is InChI=1S/C6H4F3NO.C5H11N/c7-6(8,9)4-1-2-5(11)10-3-4;1-2-4-6-5-3-1/h1-3H,(H,10,11);6H,1-5H2. The molecule has 1 aromatic heterocycles. The molecule has 0 radical (unpaired) electrons. The molecule has 2 rings (SSSR count). The summed E-state index contributed by atoms with van der Waals surface area (Å²) in [6.07, 6.45) is 0.472. The average Bonchev–Trinajstić information content (AvgIpc) is 2.31. The summed E-state index contributed by atoms with van der Waals surface area (Å²) in [5.74, 6) is 0. The fourth-order valence-corrected chi connectivity index (χ4v) is 1.39. The molecule has 0 atom stereocenters. The average molecular weight is 248 g/mol. The molecule has 0 saturated carbocycles. The Balaban J connectivity index is 0.000000202. The van der Waals surface area contributed by atoms with E-state index in [1.807, 2.05) is 4.98 Å². The molecule has 0 amide bonds. The Morgan fingerprint density at radius 3 is 2.00 bits per heavy atom. The van der Waals surface area contributed by atoms with Crippen LogP contribution in [0.5, 0.6) is 0 Å². The molecular weight excluding hydrogens is 233 g/mol. The van der Waals surface area contributed by atoms with E-state index in [-0.39, 0.29) is 0 Å². The molecule has 2 heterocycles. The van der Waals surface area contributed by atoms with E-state index in [0.29, 0.717) is 6.20 Å². The number of aromatic amines is 1. The van der Waals surface area contributed by atoms with Crippen LogP contribution in [0.25, 0.3) is 0 Å². The maximum atomic E-state index is 11.8. The number of aromatic nitrogens is 1. The Morgan fingerprint density at radius 1 is 1.06 bits per heavy atom. The van der Waals surface area contributed by atoms with Crippen molar-refractivity contribution in [2.75, 3.05) is 13.1 Å². The lowest BCUT2D eigenvalue weighted by atomic mass is 10.2. The van der Waals surface area contributed by atoms with E-state index < -0.39 is 17.3 Å². The largest absolute Gasteiger partial charge is 0.417 e. The van der Waals surface area contributed by atoms with E-state index in [1.165, 1.54) is 32.4 Å². The van der Waals surface area contributed by atoms with Crippen LogP contribution in [-0.4, -0.2) is 18.1 Å². The zero-order chi connectivity index (χ0) is 12.7. The number of hydrogen-bond donors (Lipinski definition) is 2. The maximum absolute atomic E-state index is 11.8. The third kappa shape index (κ3) is 5.53. The van der Waals surface area contributed by atoms with Gasteiger partial charge in [0.2, 0.25) is 5.56 Å². The summed E-state index contributed by atoms with van der Waals surface area (Å²) in [4.78, 5) is 12.3. The van der Waals surface area contributed by atoms with Crippen LogP contribution in [0.4, 0.5) is 13.2 Å². The fraction of sp³-hybridized carbons (Fsp3) is 0.545. The molecule has 17 heavy (non-hydrogen) atoms. The molecule has 0 aromatic carbocycles. The van der Waals surface area contributed by atoms with Gasteiger partial charge in [-0.05, 0) is 32.0 Å². The van der Waals surface area contributed by atoms with Crippen molar-refractivity contribution < 1.29 is 13.2 Å². The monoisotopic (exact) mass is 248 g/mol. The van der Waals surface area contributed by atoms with E-state index in [1.54, 1.807) is 0 Å². The molecule has 1 aliphatic heterocycles. The van der Waals surface area contributed by atoms with Gasteiger partial charge in [-0.25, -0.2) is 0 Å². The summed E-state index contributed by atoms with van der Waals surface area (Å²) in [6.45, 7) is 2.50. The van der Waals surface area contributed by atoms with Gasteiger partial charge in [0.1, 0.15) is 0 Å². The predicted octanol–water partition coefficient (Wildman–Crippen LogP) is 2.15. The van der Waals surface area contributed by atoms with Crippen LogP contribution < -0.4 is 10.9 Å². The van der Waals surface area contributed by atoms with E-state index in [0.717, 1.165) is 12.1 Å². The minimum atomic E-state index is -4.38. The summed E-state index contributed by atoms with van der Waals surface area (Å²) >= 11 is 0. The van der Waals surface area contributed by atoms with Crippen LogP contribution in [-0.2, 0) is 6.18 Å². The smallest absolute Gasteiger partial charge is 0.329 e. The van der Waals surface area contributed by atoms with E-state index in [2.05, 4.69) is 5.32 Å². The molecule has 0 spiro atoms. The molecule has 96 valence electrons. The fourth-order valence-electron chi connectivity index (χ4n) is 1.39. The number of nitrogens with one attached hydrogen (secondary N) is 2. The maximum Gasteiger partial charge on any atom is 0.417 e. The van der Waals surface area contributed by atoms with Gasteiger partial charge in [0.15, 0.2) is 0 Å². The highest BCUT2D eigenvalue weighted by molar-refractivity contribution is 5.11. The number of H-pyrrole nitrogens is 1. The third-order valence-electron chi connectivity index (χ3n) is 2.32. The van der Waals surface area contributed by atoms with Gasteiger partial charge in [-0.2, -0.15) is 13.2 Å². The molecule has 1 saturated heterocycles. The quantitative estimate of drug-likeness (QED) is 0.739. The number of rotatable bonds is 0. The molecule has 1 aromatic rings. The van der Waals surface area contributed by atoms with Crippen LogP contribution in [0.15, 0.2) is 23.1 Å². The topological polar surface area (TPSA) is 44.9 Å². The molecule has 1 aliphatic rings. The summed E-state index contributed by atoms with van der Waals surface area (Å²) in [6, 6.07) is 1.57. The highest BCUT2D eigenvalue weighted by Crippen LogP contribution is 2.27. The SMILES string of the molecule is C1CCNCC1.O=c1ccc(C(F)(F)F)c[nH]1. The summed E-state index contributed by atoms with van der Waals surface area (Å²) in [7, 11) is 0. The first-order valence-corrected chi connectivity index (χ1v) is 5.47. The second-order valence-electron chi connectivity index (χ2n) is 3.75. The molecule has 2 N–H and O–H groups in total. The second-order valence-corrected chi connectivity index (χ2v) is 3.75. The van der Waals surface area contributed by atoms with Gasteiger partial charge in [0.05, 0.1) is 5.56 Å². The van der Waals surface area contributed by atoms with Gasteiger partial charge in [0, 0.05) is 12.3 Å². The van der Waals surface area contributed by atoms with Gasteiger partial charge in [-0.15, -0.1) is 0 Å². The second kappa shape index (κ2) is 6.44.